The molecular formula is C52H66N5O9PSi. The number of amides is 1. The molecule has 2 heterocycles. The lowest BCUT2D eigenvalue weighted by Gasteiger charge is -2.42. The minimum Gasteiger partial charge on any atom is -0.497 e. The second kappa shape index (κ2) is 22.9. The maximum absolute atomic E-state index is 14.4. The number of hydrogen-bond acceptors (Lipinski definition) is 12. The summed E-state index contributed by atoms with van der Waals surface area (Å²) in [5.74, 6) is 1.04. The van der Waals surface area contributed by atoms with Crippen LogP contribution in [-0.4, -0.2) is 86.3 Å². The van der Waals surface area contributed by atoms with Gasteiger partial charge in [-0.05, 0) is 105 Å². The molecule has 5 unspecified atom stereocenters. The zero-order valence-corrected chi connectivity index (χ0v) is 42.9. The molecule has 362 valence electrons. The molecule has 1 aliphatic rings. The van der Waals surface area contributed by atoms with Gasteiger partial charge in [0.05, 0.1) is 39.9 Å². The van der Waals surface area contributed by atoms with E-state index >= 15 is 0 Å². The zero-order chi connectivity index (χ0) is 49.2. The van der Waals surface area contributed by atoms with Crippen LogP contribution in [0.4, 0.5) is 5.82 Å². The molecule has 4 aromatic carbocycles. The van der Waals surface area contributed by atoms with Crippen LogP contribution in [0.1, 0.15) is 88.2 Å². The van der Waals surface area contributed by atoms with Crippen molar-refractivity contribution >= 4 is 28.6 Å². The lowest BCUT2D eigenvalue weighted by molar-refractivity contribution is -0.0943. The van der Waals surface area contributed by atoms with Crippen LogP contribution < -0.4 is 20.5 Å². The Kier molecular flexibility index (Phi) is 17.5. The van der Waals surface area contributed by atoms with E-state index in [1.54, 1.807) is 50.7 Å². The highest BCUT2D eigenvalue weighted by Gasteiger charge is 2.54. The highest BCUT2D eigenvalue weighted by molar-refractivity contribution is 7.44. The summed E-state index contributed by atoms with van der Waals surface area (Å²) in [6, 6.07) is 38.0. The van der Waals surface area contributed by atoms with E-state index in [1.807, 2.05) is 84.9 Å². The first-order valence-corrected chi connectivity index (χ1v) is 27.0. The van der Waals surface area contributed by atoms with E-state index in [0.717, 1.165) is 16.7 Å². The van der Waals surface area contributed by atoms with Crippen LogP contribution in [0.3, 0.4) is 0 Å². The molecule has 1 amide bonds. The largest absolute Gasteiger partial charge is 0.497 e. The Bertz CT molecular complexity index is 2440. The number of benzene rings is 4. The van der Waals surface area contributed by atoms with Gasteiger partial charge < -0.3 is 37.7 Å². The lowest BCUT2D eigenvalue weighted by Crippen LogP contribution is -2.50. The highest BCUT2D eigenvalue weighted by Crippen LogP contribution is 2.52. The van der Waals surface area contributed by atoms with Crippen molar-refractivity contribution in [2.75, 3.05) is 32.8 Å². The van der Waals surface area contributed by atoms with E-state index < -0.39 is 58.6 Å². The topological polar surface area (TPSA) is 156 Å². The number of nitrogens with one attached hydrogen (secondary N) is 1. The molecule has 6 rings (SSSR count). The summed E-state index contributed by atoms with van der Waals surface area (Å²) < 4.78 is 50.6. The van der Waals surface area contributed by atoms with Gasteiger partial charge in [0.1, 0.15) is 41.2 Å². The van der Waals surface area contributed by atoms with Crippen LogP contribution in [0, 0.1) is 11.3 Å². The van der Waals surface area contributed by atoms with E-state index in [-0.39, 0.29) is 42.6 Å². The van der Waals surface area contributed by atoms with Crippen LogP contribution in [0.2, 0.25) is 18.1 Å². The standard InChI is InChI=1S/C52H66N5O9PSi/c1-36(2)57(37(3)4)67(63-34-18-32-53)65-46-44(35-62-52(39-21-16-13-17-22-39,40-23-27-42(60-8)28-24-40)41-25-29-43(61-9)30-26-41)64-49(47(46)66-68(10,11)51(5,6)7)56-33-31-45(55-50(56)59)54-48(58)38-19-14-12-15-20-38/h12-17,19-31,33,36-37,44,46-47,49H,18,34-35H2,1-11H3,(H,54,55,58,59). The summed E-state index contributed by atoms with van der Waals surface area (Å²) in [5, 5.41) is 12.1. The van der Waals surface area contributed by atoms with E-state index in [4.69, 9.17) is 32.4 Å². The number of nitriles is 1. The molecule has 0 spiro atoms. The number of aromatic nitrogens is 2. The van der Waals surface area contributed by atoms with Crippen molar-refractivity contribution < 1.29 is 37.2 Å². The van der Waals surface area contributed by atoms with E-state index in [0.29, 0.717) is 17.1 Å². The zero-order valence-electron chi connectivity index (χ0n) is 41.0. The Hall–Kier alpha value is -5.27. The van der Waals surface area contributed by atoms with Crippen LogP contribution in [0.25, 0.3) is 0 Å². The monoisotopic (exact) mass is 963 g/mol. The molecule has 1 aliphatic heterocycles. The minimum absolute atomic E-state index is 0.0166. The van der Waals surface area contributed by atoms with Gasteiger partial charge in [-0.25, -0.2) is 9.46 Å². The lowest BCUT2D eigenvalue weighted by atomic mass is 9.80. The fraction of sp³-hybridized carbons (Fsp3) is 0.423. The van der Waals surface area contributed by atoms with Gasteiger partial charge in [-0.3, -0.25) is 9.36 Å². The van der Waals surface area contributed by atoms with E-state index in [9.17, 15) is 14.9 Å². The Morgan fingerprint density at radius 1 is 0.838 bits per heavy atom. The number of nitrogens with zero attached hydrogens (tertiary/aromatic N) is 4. The third-order valence-corrected chi connectivity index (χ3v) is 19.0. The first-order valence-electron chi connectivity index (χ1n) is 23.0. The molecule has 16 heteroatoms. The number of anilines is 1. The maximum Gasteiger partial charge on any atom is 0.351 e. The maximum atomic E-state index is 14.4. The van der Waals surface area contributed by atoms with Crippen LogP contribution in [0.5, 0.6) is 11.5 Å². The fourth-order valence-electron chi connectivity index (χ4n) is 7.97. The van der Waals surface area contributed by atoms with Gasteiger partial charge in [-0.1, -0.05) is 93.6 Å². The molecule has 1 saturated heterocycles. The quantitative estimate of drug-likeness (QED) is 0.0322. The Labute approximate surface area is 403 Å². The van der Waals surface area contributed by atoms with Crippen molar-refractivity contribution in [2.24, 2.45) is 0 Å². The van der Waals surface area contributed by atoms with Crippen molar-refractivity contribution in [2.45, 2.75) is 115 Å². The van der Waals surface area contributed by atoms with Gasteiger partial charge in [0, 0.05) is 23.8 Å². The van der Waals surface area contributed by atoms with Crippen LogP contribution in [-0.2, 0) is 28.5 Å². The number of ether oxygens (including phenoxy) is 4. The highest BCUT2D eigenvalue weighted by atomic mass is 31.2. The number of carbonyl (C=O) groups is 1. The minimum atomic E-state index is -2.70. The SMILES string of the molecule is COc1ccc(C(OCC2OC(n3ccc(NC(=O)c4ccccc4)nc3=O)C(O[Si](C)(C)C(C)(C)C)C2OP(OCCC#N)N(C(C)C)C(C)C)(c2ccccc2)c2ccc(OC)cc2)cc1. The molecule has 0 radical (unpaired) electrons. The van der Waals surface area contributed by atoms with Crippen molar-refractivity contribution in [3.05, 3.63) is 154 Å². The second-order valence-corrected chi connectivity index (χ2v) is 24.8. The number of hydrogen-bond donors (Lipinski definition) is 1. The molecule has 68 heavy (non-hydrogen) atoms. The summed E-state index contributed by atoms with van der Waals surface area (Å²) in [5.41, 5.74) is 1.00. The summed E-state index contributed by atoms with van der Waals surface area (Å²) in [7, 11) is -1.30. The van der Waals surface area contributed by atoms with Crippen molar-refractivity contribution in [1.82, 2.24) is 14.2 Å². The number of rotatable bonds is 21. The molecular weight excluding hydrogens is 898 g/mol. The summed E-state index contributed by atoms with van der Waals surface area (Å²) in [4.78, 5) is 31.8. The molecule has 1 N–H and O–H groups in total. The third kappa shape index (κ3) is 11.9. The average Bonchev–Trinajstić information content (AvgIpc) is 3.64. The van der Waals surface area contributed by atoms with Crippen molar-refractivity contribution in [3.63, 3.8) is 0 Å². The Morgan fingerprint density at radius 3 is 1.88 bits per heavy atom. The van der Waals surface area contributed by atoms with Gasteiger partial charge >= 0.3 is 5.69 Å². The third-order valence-electron chi connectivity index (χ3n) is 12.4. The normalized spacial score (nSPS) is 18.1. The van der Waals surface area contributed by atoms with Gasteiger partial charge in [0.15, 0.2) is 14.5 Å². The number of carbonyl (C=O) groups excluding carboxylic acids is 1. The summed E-state index contributed by atoms with van der Waals surface area (Å²) in [6.45, 7) is 19.1. The Balaban J connectivity index is 1.53. The molecule has 5 atom stereocenters. The van der Waals surface area contributed by atoms with Gasteiger partial charge in [-0.15, -0.1) is 0 Å². The number of methoxy groups -OCH3 is 2. The molecule has 1 fully saturated rings. The predicted molar refractivity (Wildman–Crippen MR) is 267 cm³/mol. The predicted octanol–water partition coefficient (Wildman–Crippen LogP) is 10.5. The molecule has 0 bridgehead atoms. The second-order valence-electron chi connectivity index (χ2n) is 18.7. The van der Waals surface area contributed by atoms with Crippen LogP contribution >= 0.6 is 8.53 Å². The van der Waals surface area contributed by atoms with Gasteiger partial charge in [-0.2, -0.15) is 10.2 Å². The molecule has 5 aromatic rings. The first-order chi connectivity index (χ1) is 32.4. The van der Waals surface area contributed by atoms with E-state index in [1.165, 1.54) is 4.57 Å². The van der Waals surface area contributed by atoms with Gasteiger partial charge in [0.2, 0.25) is 0 Å². The molecule has 14 nitrogen and oxygen atoms in total. The molecule has 1 aromatic heterocycles. The van der Waals surface area contributed by atoms with Gasteiger partial charge in [0.25, 0.3) is 14.4 Å². The first kappa shape index (κ1) is 52.1. The Morgan fingerprint density at radius 2 is 1.38 bits per heavy atom. The van der Waals surface area contributed by atoms with E-state index in [2.05, 4.69) is 82.6 Å². The van der Waals surface area contributed by atoms with Crippen molar-refractivity contribution in [3.8, 4) is 17.6 Å². The average molecular weight is 964 g/mol. The smallest absolute Gasteiger partial charge is 0.351 e. The summed E-state index contributed by atoms with van der Waals surface area (Å²) in [6.07, 6.45) is -2.03. The molecule has 0 saturated carbocycles. The fourth-order valence-corrected chi connectivity index (χ4v) is 11.0. The van der Waals surface area contributed by atoms with Crippen molar-refractivity contribution in [1.29, 1.82) is 5.26 Å². The summed E-state index contributed by atoms with van der Waals surface area (Å²) >= 11 is 0. The van der Waals surface area contributed by atoms with Crippen LogP contribution in [0.15, 0.2) is 126 Å². The molecule has 0 aliphatic carbocycles.